The molecular weight excluding hydrogens is 336 g/mol. The van der Waals surface area contributed by atoms with Crippen LogP contribution in [-0.4, -0.2) is 51.0 Å². The van der Waals surface area contributed by atoms with Crippen molar-refractivity contribution < 1.29 is 13.2 Å². The van der Waals surface area contributed by atoms with Crippen molar-refractivity contribution in [2.75, 3.05) is 31.6 Å². The lowest BCUT2D eigenvalue weighted by Gasteiger charge is -2.17. The lowest BCUT2D eigenvalue weighted by molar-refractivity contribution is 0.207. The molecule has 1 aliphatic rings. The molecule has 25 heavy (non-hydrogen) atoms. The van der Waals surface area contributed by atoms with Crippen molar-refractivity contribution >= 4 is 26.6 Å². The Morgan fingerprint density at radius 3 is 2.76 bits per heavy atom. The smallest absolute Gasteiger partial charge is 0.317 e. The fourth-order valence-corrected chi connectivity index (χ4v) is 4.64. The number of rotatable bonds is 5. The van der Waals surface area contributed by atoms with Gasteiger partial charge >= 0.3 is 6.03 Å². The fourth-order valence-electron chi connectivity index (χ4n) is 3.51. The van der Waals surface area contributed by atoms with E-state index in [2.05, 4.69) is 29.6 Å². The van der Waals surface area contributed by atoms with Crippen molar-refractivity contribution in [3.63, 3.8) is 0 Å². The van der Waals surface area contributed by atoms with Crippen molar-refractivity contribution in [3.05, 3.63) is 48.0 Å². The van der Waals surface area contributed by atoms with Crippen LogP contribution in [0.5, 0.6) is 0 Å². The summed E-state index contributed by atoms with van der Waals surface area (Å²) in [5, 5.41) is 5.38. The normalized spacial score (nSPS) is 17.8. The van der Waals surface area contributed by atoms with Gasteiger partial charge in [0.15, 0.2) is 0 Å². The number of carbonyl (C=O) groups excluding carboxylic acids is 1. The molecule has 1 aliphatic heterocycles. The first kappa shape index (κ1) is 17.7. The number of hydrogen-bond donors (Lipinski definition) is 1. The summed E-state index contributed by atoms with van der Waals surface area (Å²) in [5.41, 5.74) is 1.22. The third-order valence-electron chi connectivity index (χ3n) is 4.66. The van der Waals surface area contributed by atoms with Gasteiger partial charge in [0.1, 0.15) is 9.84 Å². The lowest BCUT2D eigenvalue weighted by atomic mass is 10.0. The Morgan fingerprint density at radius 2 is 1.96 bits per heavy atom. The van der Waals surface area contributed by atoms with Gasteiger partial charge in [-0.15, -0.1) is 0 Å². The molecule has 1 atom stereocenters. The molecule has 2 amide bonds. The zero-order valence-electron chi connectivity index (χ0n) is 14.4. The number of likely N-dealkylation sites (tertiary alicyclic amines) is 1. The van der Waals surface area contributed by atoms with Crippen LogP contribution in [0, 0.1) is 5.92 Å². The Bertz CT molecular complexity index is 859. The quantitative estimate of drug-likeness (QED) is 0.891. The molecule has 0 spiro atoms. The van der Waals surface area contributed by atoms with E-state index in [4.69, 9.17) is 0 Å². The number of hydrogen-bond acceptors (Lipinski definition) is 3. The molecule has 1 heterocycles. The third-order valence-corrected chi connectivity index (χ3v) is 5.74. The first-order chi connectivity index (χ1) is 11.9. The van der Waals surface area contributed by atoms with E-state index < -0.39 is 9.84 Å². The van der Waals surface area contributed by atoms with E-state index in [0.717, 1.165) is 12.8 Å². The molecule has 1 N–H and O–H groups in total. The van der Waals surface area contributed by atoms with Crippen molar-refractivity contribution in [1.29, 1.82) is 0 Å². The first-order valence-corrected chi connectivity index (χ1v) is 10.7. The second kappa shape index (κ2) is 7.44. The van der Waals surface area contributed by atoms with Gasteiger partial charge in [0.2, 0.25) is 0 Å². The predicted octanol–water partition coefficient (Wildman–Crippen LogP) is 2.46. The van der Waals surface area contributed by atoms with Gasteiger partial charge in [0.05, 0.1) is 5.75 Å². The molecule has 1 saturated heterocycles. The number of carbonyl (C=O) groups is 1. The summed E-state index contributed by atoms with van der Waals surface area (Å²) in [6.07, 6.45) is 2.78. The van der Waals surface area contributed by atoms with Gasteiger partial charge in [-0.3, -0.25) is 0 Å². The number of sulfone groups is 1. The molecule has 2 aromatic carbocycles. The Morgan fingerprint density at radius 1 is 1.20 bits per heavy atom. The highest BCUT2D eigenvalue weighted by atomic mass is 32.2. The topological polar surface area (TPSA) is 66.5 Å². The maximum Gasteiger partial charge on any atom is 0.317 e. The van der Waals surface area contributed by atoms with Crippen LogP contribution in [0.1, 0.15) is 12.0 Å². The molecule has 0 bridgehead atoms. The number of nitrogens with zero attached hydrogens (tertiary/aromatic N) is 1. The van der Waals surface area contributed by atoms with E-state index in [1.54, 1.807) is 4.90 Å². The Labute approximate surface area is 148 Å². The van der Waals surface area contributed by atoms with E-state index in [0.29, 0.717) is 19.6 Å². The van der Waals surface area contributed by atoms with Crippen LogP contribution in [0.2, 0.25) is 0 Å². The van der Waals surface area contributed by atoms with E-state index in [1.165, 1.54) is 22.6 Å². The number of benzene rings is 2. The minimum atomic E-state index is -2.99. The minimum Gasteiger partial charge on any atom is -0.338 e. The van der Waals surface area contributed by atoms with E-state index in [1.807, 2.05) is 18.2 Å². The molecule has 134 valence electrons. The largest absolute Gasteiger partial charge is 0.338 e. The van der Waals surface area contributed by atoms with Gasteiger partial charge in [-0.25, -0.2) is 13.2 Å². The summed E-state index contributed by atoms with van der Waals surface area (Å²) in [7, 11) is -2.99. The summed E-state index contributed by atoms with van der Waals surface area (Å²) in [5.74, 6) is 0.214. The van der Waals surface area contributed by atoms with Crippen LogP contribution in [0.15, 0.2) is 42.5 Å². The number of fused-ring (bicyclic) bond motifs is 1. The molecule has 2 aromatic rings. The number of amides is 2. The summed E-state index contributed by atoms with van der Waals surface area (Å²) >= 11 is 0. The molecule has 1 fully saturated rings. The highest BCUT2D eigenvalue weighted by Gasteiger charge is 2.28. The molecule has 5 nitrogen and oxygen atoms in total. The van der Waals surface area contributed by atoms with Crippen molar-refractivity contribution in [3.8, 4) is 0 Å². The first-order valence-electron chi connectivity index (χ1n) is 8.59. The van der Waals surface area contributed by atoms with Crippen LogP contribution in [-0.2, 0) is 16.3 Å². The zero-order chi connectivity index (χ0) is 17.9. The monoisotopic (exact) mass is 360 g/mol. The molecule has 0 saturated carbocycles. The van der Waals surface area contributed by atoms with Gasteiger partial charge in [-0.05, 0) is 35.1 Å². The molecule has 3 rings (SSSR count). The third kappa shape index (κ3) is 4.72. The maximum atomic E-state index is 12.3. The second-order valence-corrected chi connectivity index (χ2v) is 9.00. The van der Waals surface area contributed by atoms with Crippen molar-refractivity contribution in [1.82, 2.24) is 10.2 Å². The number of nitrogens with one attached hydrogen (secondary N) is 1. The summed E-state index contributed by atoms with van der Waals surface area (Å²) in [6, 6.07) is 14.3. The van der Waals surface area contributed by atoms with Crippen LogP contribution in [0.4, 0.5) is 4.79 Å². The number of urea groups is 1. The molecule has 1 unspecified atom stereocenters. The Kier molecular flexibility index (Phi) is 5.27. The molecule has 0 radical (unpaired) electrons. The van der Waals surface area contributed by atoms with Crippen LogP contribution in [0.25, 0.3) is 10.8 Å². The summed E-state index contributed by atoms with van der Waals surface area (Å²) in [4.78, 5) is 14.0. The van der Waals surface area contributed by atoms with E-state index in [-0.39, 0.29) is 17.7 Å². The van der Waals surface area contributed by atoms with Crippen LogP contribution in [0.3, 0.4) is 0 Å². The van der Waals surface area contributed by atoms with Crippen LogP contribution < -0.4 is 5.32 Å². The summed E-state index contributed by atoms with van der Waals surface area (Å²) in [6.45, 7) is 1.72. The van der Waals surface area contributed by atoms with E-state index >= 15 is 0 Å². The molecule has 6 heteroatoms. The lowest BCUT2D eigenvalue weighted by Crippen LogP contribution is -2.39. The average Bonchev–Trinajstić information content (AvgIpc) is 3.01. The van der Waals surface area contributed by atoms with Gasteiger partial charge in [0.25, 0.3) is 0 Å². The standard InChI is InChI=1S/C19H24N2O3S/c1-25(23,24)14-15-10-12-21(13-15)19(22)20-11-9-17-7-4-6-16-5-2-3-8-18(16)17/h2-8,15H,9-14H2,1H3,(H,20,22). The van der Waals surface area contributed by atoms with Gasteiger partial charge < -0.3 is 10.2 Å². The molecule has 0 aliphatic carbocycles. The van der Waals surface area contributed by atoms with Gasteiger partial charge in [-0.1, -0.05) is 42.5 Å². The highest BCUT2D eigenvalue weighted by molar-refractivity contribution is 7.90. The molecular formula is C19H24N2O3S. The second-order valence-electron chi connectivity index (χ2n) is 6.81. The van der Waals surface area contributed by atoms with Gasteiger partial charge in [0, 0.05) is 25.9 Å². The van der Waals surface area contributed by atoms with Gasteiger partial charge in [-0.2, -0.15) is 0 Å². The van der Waals surface area contributed by atoms with Crippen molar-refractivity contribution in [2.45, 2.75) is 12.8 Å². The zero-order valence-corrected chi connectivity index (χ0v) is 15.3. The Hall–Kier alpha value is -2.08. The SMILES string of the molecule is CS(=O)(=O)CC1CCN(C(=O)NCCc2cccc3ccccc23)C1. The highest BCUT2D eigenvalue weighted by Crippen LogP contribution is 2.19. The van der Waals surface area contributed by atoms with Crippen LogP contribution >= 0.6 is 0 Å². The van der Waals surface area contributed by atoms with E-state index in [9.17, 15) is 13.2 Å². The van der Waals surface area contributed by atoms with Crippen molar-refractivity contribution in [2.24, 2.45) is 5.92 Å². The maximum absolute atomic E-state index is 12.3. The predicted molar refractivity (Wildman–Crippen MR) is 100 cm³/mol. The summed E-state index contributed by atoms with van der Waals surface area (Å²) < 4.78 is 22.8. The minimum absolute atomic E-state index is 0.0545. The Balaban J connectivity index is 1.51. The fraction of sp³-hybridized carbons (Fsp3) is 0.421. The molecule has 0 aromatic heterocycles. The average molecular weight is 360 g/mol.